The van der Waals surface area contributed by atoms with Crippen molar-refractivity contribution in [2.75, 3.05) is 10.2 Å². The van der Waals surface area contributed by atoms with Gasteiger partial charge in [0.2, 0.25) is 15.9 Å². The lowest BCUT2D eigenvalue weighted by atomic mass is 9.86. The zero-order valence-electron chi connectivity index (χ0n) is 19.5. The molecule has 0 unspecified atom stereocenters. The molecule has 2 aromatic rings. The third-order valence-electron chi connectivity index (χ3n) is 6.39. The molecule has 2 aliphatic rings. The summed E-state index contributed by atoms with van der Waals surface area (Å²) < 4.78 is 26.7. The fourth-order valence-corrected chi connectivity index (χ4v) is 5.27. The lowest BCUT2D eigenvalue weighted by Crippen LogP contribution is -2.46. The number of carbonyl (C=O) groups excluding carboxylic acids is 3. The molecule has 4 rings (SSSR count). The Morgan fingerprint density at radius 3 is 2.15 bits per heavy atom. The number of nitrogens with zero attached hydrogens (tertiary/aromatic N) is 1. The lowest BCUT2D eigenvalue weighted by molar-refractivity contribution is -0.120. The van der Waals surface area contributed by atoms with Crippen molar-refractivity contribution in [2.45, 2.75) is 57.2 Å². The minimum Gasteiger partial charge on any atom is -0.326 e. The molecule has 0 bridgehead atoms. The van der Waals surface area contributed by atoms with Crippen LogP contribution in [0, 0.1) is 5.92 Å². The molecule has 8 nitrogen and oxygen atoms in total. The highest BCUT2D eigenvalue weighted by atomic mass is 32.2. The second kappa shape index (κ2) is 8.96. The second-order valence-electron chi connectivity index (χ2n) is 9.81. The largest absolute Gasteiger partial charge is 0.326 e. The van der Waals surface area contributed by atoms with Gasteiger partial charge in [-0.25, -0.2) is 18.0 Å². The van der Waals surface area contributed by atoms with Crippen LogP contribution in [0.2, 0.25) is 0 Å². The Labute approximate surface area is 199 Å². The number of carbonyl (C=O) groups is 3. The molecule has 0 atom stereocenters. The average Bonchev–Trinajstić information content (AvgIpc) is 3.03. The first-order valence-electron chi connectivity index (χ1n) is 11.4. The van der Waals surface area contributed by atoms with Gasteiger partial charge in [-0.2, -0.15) is 0 Å². The number of imide groups is 1. The third kappa shape index (κ3) is 4.63. The van der Waals surface area contributed by atoms with Crippen molar-refractivity contribution in [3.05, 3.63) is 59.7 Å². The van der Waals surface area contributed by atoms with Gasteiger partial charge in [0.25, 0.3) is 11.8 Å². The van der Waals surface area contributed by atoms with Crippen LogP contribution in [0.15, 0.2) is 48.5 Å². The Kier molecular flexibility index (Phi) is 6.35. The molecule has 9 heteroatoms. The van der Waals surface area contributed by atoms with Gasteiger partial charge in [0, 0.05) is 17.6 Å². The van der Waals surface area contributed by atoms with Crippen LogP contribution in [0.4, 0.5) is 11.4 Å². The van der Waals surface area contributed by atoms with Crippen molar-refractivity contribution in [1.29, 1.82) is 0 Å². The van der Waals surface area contributed by atoms with Crippen LogP contribution in [0.25, 0.3) is 0 Å². The Morgan fingerprint density at radius 1 is 0.912 bits per heavy atom. The van der Waals surface area contributed by atoms with Crippen molar-refractivity contribution in [1.82, 2.24) is 4.72 Å². The summed E-state index contributed by atoms with van der Waals surface area (Å²) in [4.78, 5) is 39.6. The highest BCUT2D eigenvalue weighted by Gasteiger charge is 2.37. The van der Waals surface area contributed by atoms with E-state index in [-0.39, 0.29) is 29.3 Å². The van der Waals surface area contributed by atoms with E-state index < -0.39 is 20.7 Å². The summed E-state index contributed by atoms with van der Waals surface area (Å²) in [5.41, 5.74) is 1.51. The Hall–Kier alpha value is -3.04. The number of sulfonamides is 1. The molecule has 0 radical (unpaired) electrons. The monoisotopic (exact) mass is 483 g/mol. The first-order valence-corrected chi connectivity index (χ1v) is 12.9. The average molecular weight is 484 g/mol. The van der Waals surface area contributed by atoms with E-state index >= 15 is 0 Å². The zero-order chi connectivity index (χ0) is 24.7. The Balaban J connectivity index is 1.39. The summed E-state index contributed by atoms with van der Waals surface area (Å²) in [6, 6.07) is 13.3. The van der Waals surface area contributed by atoms with Gasteiger partial charge in [0.15, 0.2) is 0 Å². The van der Waals surface area contributed by atoms with E-state index in [2.05, 4.69) is 10.0 Å². The Bertz CT molecular complexity index is 1230. The minimum atomic E-state index is -3.44. The smallest absolute Gasteiger partial charge is 0.266 e. The number of fused-ring (bicyclic) bond motifs is 1. The normalized spacial score (nSPS) is 20.9. The van der Waals surface area contributed by atoms with Gasteiger partial charge in [-0.1, -0.05) is 18.2 Å². The molecule has 2 aromatic carbocycles. The molecule has 1 saturated carbocycles. The van der Waals surface area contributed by atoms with Crippen molar-refractivity contribution < 1.29 is 22.8 Å². The molecule has 0 spiro atoms. The predicted molar refractivity (Wildman–Crippen MR) is 130 cm³/mol. The summed E-state index contributed by atoms with van der Waals surface area (Å²) in [7, 11) is -3.44. The van der Waals surface area contributed by atoms with Crippen LogP contribution >= 0.6 is 0 Å². The van der Waals surface area contributed by atoms with Gasteiger partial charge in [-0.15, -0.1) is 0 Å². The molecule has 1 aliphatic carbocycles. The highest BCUT2D eigenvalue weighted by Crippen LogP contribution is 2.31. The van der Waals surface area contributed by atoms with E-state index in [1.807, 2.05) is 6.07 Å². The minimum absolute atomic E-state index is 0.172. The number of amides is 3. The van der Waals surface area contributed by atoms with Gasteiger partial charge in [-0.05, 0) is 76.8 Å². The molecule has 1 fully saturated rings. The molecule has 0 saturated heterocycles. The molecule has 180 valence electrons. The molecule has 2 N–H and O–H groups in total. The number of nitrogens with one attached hydrogen (secondary N) is 2. The standard InChI is InChI=1S/C25H29N3O5S/c1-25(2,3)34(32,33)27-17-11-9-16(10-12-17)22(29)26-18-13-14-20-21(15-18)24(31)28(23(20)30)19-7-5-4-6-8-19/h4-8,13-17,27H,9-12H2,1-3H3,(H,26,29)/t16-,17-. The molecule has 1 aliphatic heterocycles. The second-order valence-corrected chi connectivity index (χ2v) is 12.3. The maximum absolute atomic E-state index is 12.9. The molecule has 0 aromatic heterocycles. The van der Waals surface area contributed by atoms with E-state index in [1.54, 1.807) is 63.2 Å². The Morgan fingerprint density at radius 2 is 1.53 bits per heavy atom. The van der Waals surface area contributed by atoms with E-state index in [1.165, 1.54) is 0 Å². The summed E-state index contributed by atoms with van der Waals surface area (Å²) in [6.45, 7) is 4.97. The summed E-state index contributed by atoms with van der Waals surface area (Å²) >= 11 is 0. The van der Waals surface area contributed by atoms with Gasteiger partial charge in [0.1, 0.15) is 0 Å². The maximum Gasteiger partial charge on any atom is 0.266 e. The molecule has 3 amide bonds. The molecular formula is C25H29N3O5S. The van der Waals surface area contributed by atoms with Crippen molar-refractivity contribution in [3.63, 3.8) is 0 Å². The van der Waals surface area contributed by atoms with E-state index in [4.69, 9.17) is 0 Å². The summed E-state index contributed by atoms with van der Waals surface area (Å²) in [5.74, 6) is -1.23. The number of anilines is 2. The summed E-state index contributed by atoms with van der Waals surface area (Å²) in [5, 5.41) is 2.86. The molecule has 1 heterocycles. The number of para-hydroxylation sites is 1. The van der Waals surface area contributed by atoms with Gasteiger partial charge < -0.3 is 5.32 Å². The van der Waals surface area contributed by atoms with E-state index in [9.17, 15) is 22.8 Å². The van der Waals surface area contributed by atoms with Crippen LogP contribution in [0.3, 0.4) is 0 Å². The number of benzene rings is 2. The predicted octanol–water partition coefficient (Wildman–Crippen LogP) is 3.70. The zero-order valence-corrected chi connectivity index (χ0v) is 20.3. The number of hydrogen-bond donors (Lipinski definition) is 2. The number of rotatable bonds is 5. The maximum atomic E-state index is 12.9. The van der Waals surface area contributed by atoms with Gasteiger partial charge in [-0.3, -0.25) is 14.4 Å². The first-order chi connectivity index (χ1) is 16.0. The fraction of sp³-hybridized carbons (Fsp3) is 0.400. The third-order valence-corrected chi connectivity index (χ3v) is 8.65. The van der Waals surface area contributed by atoms with E-state index in [0.29, 0.717) is 42.6 Å². The van der Waals surface area contributed by atoms with Crippen LogP contribution in [0.5, 0.6) is 0 Å². The molecule has 34 heavy (non-hydrogen) atoms. The van der Waals surface area contributed by atoms with Crippen LogP contribution < -0.4 is 14.9 Å². The summed E-state index contributed by atoms with van der Waals surface area (Å²) in [6.07, 6.45) is 2.29. The topological polar surface area (TPSA) is 113 Å². The highest BCUT2D eigenvalue weighted by molar-refractivity contribution is 7.90. The van der Waals surface area contributed by atoms with Gasteiger partial charge in [0.05, 0.1) is 21.6 Å². The van der Waals surface area contributed by atoms with Crippen LogP contribution in [-0.2, 0) is 14.8 Å². The van der Waals surface area contributed by atoms with Gasteiger partial charge >= 0.3 is 0 Å². The van der Waals surface area contributed by atoms with E-state index in [0.717, 1.165) is 4.90 Å². The van der Waals surface area contributed by atoms with Crippen LogP contribution in [0.1, 0.15) is 67.2 Å². The quantitative estimate of drug-likeness (QED) is 0.630. The number of hydrogen-bond acceptors (Lipinski definition) is 5. The first kappa shape index (κ1) is 24.1. The van der Waals surface area contributed by atoms with Crippen molar-refractivity contribution >= 4 is 39.1 Å². The SMILES string of the molecule is CC(C)(C)S(=O)(=O)N[C@H]1CC[C@H](C(=O)Nc2ccc3c(c2)C(=O)N(c2ccccc2)C3=O)CC1. The lowest BCUT2D eigenvalue weighted by Gasteiger charge is -2.30. The van der Waals surface area contributed by atoms with Crippen molar-refractivity contribution in [2.24, 2.45) is 5.92 Å². The molecular weight excluding hydrogens is 454 g/mol. The van der Waals surface area contributed by atoms with Crippen LogP contribution in [-0.4, -0.2) is 36.9 Å². The fourth-order valence-electron chi connectivity index (χ4n) is 4.24. The van der Waals surface area contributed by atoms with Crippen molar-refractivity contribution in [3.8, 4) is 0 Å².